The van der Waals surface area contributed by atoms with Crippen LogP contribution in [-0.4, -0.2) is 10.2 Å². The Bertz CT molecular complexity index is 463. The number of fused-ring (bicyclic) bond motifs is 1. The maximum atomic E-state index is 8.65. The van der Waals surface area contributed by atoms with Crippen LogP contribution in [0.1, 0.15) is 5.56 Å². The van der Waals surface area contributed by atoms with Gasteiger partial charge in [-0.2, -0.15) is 10.4 Å². The largest absolute Gasteiger partial charge is 0.398 e. The van der Waals surface area contributed by atoms with E-state index < -0.39 is 0 Å². The standard InChI is InChI=1S/C8H6N4/c9-3-5-1-6-4-11-12-8(6)2-7(5)10/h1-2,4H,10H2,(H,11,12). The topological polar surface area (TPSA) is 78.5 Å². The van der Waals surface area contributed by atoms with Gasteiger partial charge in [0.15, 0.2) is 0 Å². The number of anilines is 1. The van der Waals surface area contributed by atoms with Gasteiger partial charge in [-0.1, -0.05) is 0 Å². The molecule has 2 rings (SSSR count). The SMILES string of the molecule is N#Cc1cc2cn[nH]c2cc1N. The quantitative estimate of drug-likeness (QED) is 0.562. The smallest absolute Gasteiger partial charge is 0.101 e. The number of aromatic nitrogens is 2. The fraction of sp³-hybridized carbons (Fsp3) is 0. The molecule has 0 atom stereocenters. The first kappa shape index (κ1) is 6.68. The average molecular weight is 158 g/mol. The molecule has 12 heavy (non-hydrogen) atoms. The Morgan fingerprint density at radius 1 is 1.50 bits per heavy atom. The minimum Gasteiger partial charge on any atom is -0.398 e. The van der Waals surface area contributed by atoms with Gasteiger partial charge in [-0.15, -0.1) is 0 Å². The number of nitrogens with zero attached hydrogens (tertiary/aromatic N) is 2. The molecule has 0 bridgehead atoms. The van der Waals surface area contributed by atoms with Crippen LogP contribution in [0.2, 0.25) is 0 Å². The van der Waals surface area contributed by atoms with E-state index in [4.69, 9.17) is 11.0 Å². The zero-order valence-corrected chi connectivity index (χ0v) is 6.20. The summed E-state index contributed by atoms with van der Waals surface area (Å²) in [5.74, 6) is 0. The van der Waals surface area contributed by atoms with E-state index in [0.717, 1.165) is 10.9 Å². The van der Waals surface area contributed by atoms with Crippen LogP contribution in [0.25, 0.3) is 10.9 Å². The predicted octanol–water partition coefficient (Wildman–Crippen LogP) is 1.02. The molecule has 0 aliphatic carbocycles. The molecular formula is C8H6N4. The van der Waals surface area contributed by atoms with Crippen LogP contribution in [0, 0.1) is 11.3 Å². The minimum atomic E-state index is 0.481. The highest BCUT2D eigenvalue weighted by atomic mass is 15.1. The zero-order valence-electron chi connectivity index (χ0n) is 6.20. The van der Waals surface area contributed by atoms with Gasteiger partial charge < -0.3 is 5.73 Å². The molecule has 0 saturated heterocycles. The number of benzene rings is 1. The molecular weight excluding hydrogens is 152 g/mol. The zero-order chi connectivity index (χ0) is 8.55. The number of rotatable bonds is 0. The first-order valence-corrected chi connectivity index (χ1v) is 3.44. The van der Waals surface area contributed by atoms with Crippen molar-refractivity contribution in [3.05, 3.63) is 23.9 Å². The third-order valence-electron chi connectivity index (χ3n) is 1.73. The molecule has 1 heterocycles. The molecule has 4 nitrogen and oxygen atoms in total. The van der Waals surface area contributed by atoms with Crippen molar-refractivity contribution in [2.24, 2.45) is 0 Å². The Morgan fingerprint density at radius 2 is 2.33 bits per heavy atom. The second kappa shape index (κ2) is 2.24. The number of nitrogen functional groups attached to an aromatic ring is 1. The summed E-state index contributed by atoms with van der Waals surface area (Å²) in [6.07, 6.45) is 1.66. The Labute approximate surface area is 68.6 Å². The van der Waals surface area contributed by atoms with Gasteiger partial charge in [-0.3, -0.25) is 5.10 Å². The van der Waals surface area contributed by atoms with Crippen molar-refractivity contribution in [3.63, 3.8) is 0 Å². The summed E-state index contributed by atoms with van der Waals surface area (Å²) in [7, 11) is 0. The van der Waals surface area contributed by atoms with Crippen molar-refractivity contribution >= 4 is 16.6 Å². The average Bonchev–Trinajstić information content (AvgIpc) is 2.49. The van der Waals surface area contributed by atoms with E-state index in [9.17, 15) is 0 Å². The molecule has 0 unspecified atom stereocenters. The van der Waals surface area contributed by atoms with Gasteiger partial charge in [0.1, 0.15) is 6.07 Å². The van der Waals surface area contributed by atoms with Crippen LogP contribution in [-0.2, 0) is 0 Å². The molecule has 2 aromatic rings. The van der Waals surface area contributed by atoms with Crippen LogP contribution in [0.15, 0.2) is 18.3 Å². The van der Waals surface area contributed by atoms with Gasteiger partial charge in [0.2, 0.25) is 0 Å². The van der Waals surface area contributed by atoms with E-state index in [2.05, 4.69) is 10.2 Å². The molecule has 1 aromatic carbocycles. The predicted molar refractivity (Wildman–Crippen MR) is 45.2 cm³/mol. The third kappa shape index (κ3) is 0.805. The number of hydrogen-bond donors (Lipinski definition) is 2. The normalized spacial score (nSPS) is 9.92. The fourth-order valence-electron chi connectivity index (χ4n) is 1.10. The van der Waals surface area contributed by atoms with Gasteiger partial charge in [0.05, 0.1) is 23.0 Å². The Morgan fingerprint density at radius 3 is 3.08 bits per heavy atom. The fourth-order valence-corrected chi connectivity index (χ4v) is 1.10. The van der Waals surface area contributed by atoms with E-state index in [0.29, 0.717) is 11.3 Å². The van der Waals surface area contributed by atoms with Crippen molar-refractivity contribution in [1.29, 1.82) is 5.26 Å². The number of hydrogen-bond acceptors (Lipinski definition) is 3. The molecule has 0 radical (unpaired) electrons. The third-order valence-corrected chi connectivity index (χ3v) is 1.73. The molecule has 0 fully saturated rings. The van der Waals surface area contributed by atoms with Gasteiger partial charge in [-0.25, -0.2) is 0 Å². The molecule has 0 aliphatic heterocycles. The summed E-state index contributed by atoms with van der Waals surface area (Å²) in [5, 5.41) is 16.2. The summed E-state index contributed by atoms with van der Waals surface area (Å²) in [4.78, 5) is 0. The first-order chi connectivity index (χ1) is 5.81. The molecule has 58 valence electrons. The van der Waals surface area contributed by atoms with E-state index in [1.165, 1.54) is 0 Å². The van der Waals surface area contributed by atoms with Crippen LogP contribution in [0.4, 0.5) is 5.69 Å². The van der Waals surface area contributed by atoms with Gasteiger partial charge in [-0.05, 0) is 12.1 Å². The van der Waals surface area contributed by atoms with Crippen LogP contribution >= 0.6 is 0 Å². The lowest BCUT2D eigenvalue weighted by Crippen LogP contribution is -1.89. The number of nitriles is 1. The Hall–Kier alpha value is -2.02. The maximum absolute atomic E-state index is 8.65. The highest BCUT2D eigenvalue weighted by molar-refractivity contribution is 5.84. The van der Waals surface area contributed by atoms with Crippen LogP contribution in [0.3, 0.4) is 0 Å². The monoisotopic (exact) mass is 158 g/mol. The van der Waals surface area contributed by atoms with Gasteiger partial charge in [0, 0.05) is 5.39 Å². The highest BCUT2D eigenvalue weighted by Crippen LogP contribution is 2.18. The summed E-state index contributed by atoms with van der Waals surface area (Å²) in [6.45, 7) is 0. The van der Waals surface area contributed by atoms with E-state index >= 15 is 0 Å². The number of aromatic amines is 1. The molecule has 0 amide bonds. The summed E-state index contributed by atoms with van der Waals surface area (Å²) in [6, 6.07) is 5.44. The number of nitrogens with two attached hydrogens (primary N) is 1. The summed E-state index contributed by atoms with van der Waals surface area (Å²) < 4.78 is 0. The lowest BCUT2D eigenvalue weighted by atomic mass is 10.1. The Balaban J connectivity index is 2.84. The highest BCUT2D eigenvalue weighted by Gasteiger charge is 2.01. The lowest BCUT2D eigenvalue weighted by Gasteiger charge is -1.95. The van der Waals surface area contributed by atoms with E-state index in [-0.39, 0.29) is 0 Å². The lowest BCUT2D eigenvalue weighted by molar-refractivity contribution is 1.12. The van der Waals surface area contributed by atoms with E-state index in [1.54, 1.807) is 18.3 Å². The molecule has 0 saturated carbocycles. The van der Waals surface area contributed by atoms with Crippen molar-refractivity contribution in [1.82, 2.24) is 10.2 Å². The summed E-state index contributed by atoms with van der Waals surface area (Å²) in [5.41, 5.74) is 7.41. The van der Waals surface area contributed by atoms with E-state index in [1.807, 2.05) is 6.07 Å². The van der Waals surface area contributed by atoms with Crippen molar-refractivity contribution in [2.75, 3.05) is 5.73 Å². The van der Waals surface area contributed by atoms with Crippen LogP contribution in [0.5, 0.6) is 0 Å². The molecule has 0 spiro atoms. The molecule has 1 aromatic heterocycles. The van der Waals surface area contributed by atoms with Crippen LogP contribution < -0.4 is 5.73 Å². The van der Waals surface area contributed by atoms with Crippen molar-refractivity contribution in [2.45, 2.75) is 0 Å². The second-order valence-electron chi connectivity index (χ2n) is 2.51. The van der Waals surface area contributed by atoms with Crippen molar-refractivity contribution in [3.8, 4) is 6.07 Å². The molecule has 4 heteroatoms. The molecule has 0 aliphatic rings. The number of H-pyrrole nitrogens is 1. The molecule has 3 N–H and O–H groups in total. The number of nitrogens with one attached hydrogen (secondary N) is 1. The van der Waals surface area contributed by atoms with Gasteiger partial charge in [0.25, 0.3) is 0 Å². The first-order valence-electron chi connectivity index (χ1n) is 3.44. The maximum Gasteiger partial charge on any atom is 0.101 e. The van der Waals surface area contributed by atoms with Crippen molar-refractivity contribution < 1.29 is 0 Å². The minimum absolute atomic E-state index is 0.481. The summed E-state index contributed by atoms with van der Waals surface area (Å²) >= 11 is 0. The Kier molecular flexibility index (Phi) is 1.25. The van der Waals surface area contributed by atoms with Gasteiger partial charge >= 0.3 is 0 Å². The second-order valence-corrected chi connectivity index (χ2v) is 2.51.